The predicted molar refractivity (Wildman–Crippen MR) is 75.2 cm³/mol. The largest absolute Gasteiger partial charge is 0.481 e. The van der Waals surface area contributed by atoms with Gasteiger partial charge in [0, 0.05) is 12.1 Å². The second-order valence-electron chi connectivity index (χ2n) is 5.10. The van der Waals surface area contributed by atoms with Gasteiger partial charge in [-0.3, -0.25) is 4.79 Å². The number of hydrogen-bond donors (Lipinski definition) is 2. The van der Waals surface area contributed by atoms with Gasteiger partial charge in [-0.05, 0) is 44.0 Å². The normalized spacial score (nSPS) is 15.8. The van der Waals surface area contributed by atoms with E-state index < -0.39 is 5.82 Å². The zero-order valence-corrected chi connectivity index (χ0v) is 11.9. The fraction of sp³-hybridized carbons (Fsp3) is 0.533. The maximum atomic E-state index is 13.9. The number of benzene rings is 1. The molecule has 2 N–H and O–H groups in total. The fourth-order valence-corrected chi connectivity index (χ4v) is 1.97. The molecule has 110 valence electrons. The molecule has 0 heterocycles. The molecule has 0 aliphatic heterocycles. The SMILES string of the molecule is CCNC(C)c1ccc(OCC(=O)NC2CC2)c(F)c1. The molecule has 1 amide bonds. The lowest BCUT2D eigenvalue weighted by Crippen LogP contribution is -2.30. The predicted octanol–water partition coefficient (Wildman–Crippen LogP) is 2.15. The summed E-state index contributed by atoms with van der Waals surface area (Å²) in [7, 11) is 0. The van der Waals surface area contributed by atoms with Crippen LogP contribution >= 0.6 is 0 Å². The monoisotopic (exact) mass is 280 g/mol. The smallest absolute Gasteiger partial charge is 0.258 e. The van der Waals surface area contributed by atoms with Crippen molar-refractivity contribution in [2.75, 3.05) is 13.2 Å². The number of amides is 1. The molecule has 1 aliphatic rings. The molecule has 5 heteroatoms. The molecule has 1 unspecified atom stereocenters. The van der Waals surface area contributed by atoms with Crippen molar-refractivity contribution in [3.8, 4) is 5.75 Å². The lowest BCUT2D eigenvalue weighted by atomic mass is 10.1. The number of hydrogen-bond acceptors (Lipinski definition) is 3. The third-order valence-corrected chi connectivity index (χ3v) is 3.27. The van der Waals surface area contributed by atoms with Gasteiger partial charge < -0.3 is 15.4 Å². The molecule has 1 atom stereocenters. The highest BCUT2D eigenvalue weighted by Crippen LogP contribution is 2.22. The van der Waals surface area contributed by atoms with E-state index in [1.807, 2.05) is 19.9 Å². The van der Waals surface area contributed by atoms with Crippen LogP contribution < -0.4 is 15.4 Å². The van der Waals surface area contributed by atoms with E-state index in [4.69, 9.17) is 4.74 Å². The number of carbonyl (C=O) groups excluding carboxylic acids is 1. The molecular formula is C15H21FN2O2. The summed E-state index contributed by atoms with van der Waals surface area (Å²) in [6.45, 7) is 4.66. The number of ether oxygens (including phenoxy) is 1. The second kappa shape index (κ2) is 6.70. The Morgan fingerprint density at radius 3 is 2.85 bits per heavy atom. The van der Waals surface area contributed by atoms with Gasteiger partial charge in [0.15, 0.2) is 18.2 Å². The highest BCUT2D eigenvalue weighted by atomic mass is 19.1. The first-order chi connectivity index (χ1) is 9.60. The van der Waals surface area contributed by atoms with Crippen LogP contribution in [0.15, 0.2) is 18.2 Å². The van der Waals surface area contributed by atoms with Crippen LogP contribution in [0.5, 0.6) is 5.75 Å². The Balaban J connectivity index is 1.89. The van der Waals surface area contributed by atoms with Crippen molar-refractivity contribution in [3.05, 3.63) is 29.6 Å². The topological polar surface area (TPSA) is 50.4 Å². The average Bonchev–Trinajstić information content (AvgIpc) is 3.21. The van der Waals surface area contributed by atoms with Gasteiger partial charge in [-0.1, -0.05) is 13.0 Å². The lowest BCUT2D eigenvalue weighted by molar-refractivity contribution is -0.123. The first-order valence-corrected chi connectivity index (χ1v) is 7.05. The first-order valence-electron chi connectivity index (χ1n) is 7.05. The summed E-state index contributed by atoms with van der Waals surface area (Å²) in [6.07, 6.45) is 2.05. The van der Waals surface area contributed by atoms with E-state index in [9.17, 15) is 9.18 Å². The van der Waals surface area contributed by atoms with Gasteiger partial charge in [0.25, 0.3) is 5.91 Å². The third kappa shape index (κ3) is 4.20. The number of rotatable bonds is 7. The van der Waals surface area contributed by atoms with Crippen LogP contribution in [0.2, 0.25) is 0 Å². The Kier molecular flexibility index (Phi) is 4.95. The summed E-state index contributed by atoms with van der Waals surface area (Å²) in [5.41, 5.74) is 0.860. The van der Waals surface area contributed by atoms with E-state index in [-0.39, 0.29) is 24.3 Å². The zero-order valence-electron chi connectivity index (χ0n) is 11.9. The van der Waals surface area contributed by atoms with Crippen LogP contribution in [0, 0.1) is 5.82 Å². The van der Waals surface area contributed by atoms with E-state index in [1.165, 1.54) is 6.07 Å². The number of carbonyl (C=O) groups is 1. The van der Waals surface area contributed by atoms with Gasteiger partial charge >= 0.3 is 0 Å². The van der Waals surface area contributed by atoms with E-state index in [2.05, 4.69) is 10.6 Å². The molecule has 20 heavy (non-hydrogen) atoms. The Morgan fingerprint density at radius 1 is 1.50 bits per heavy atom. The molecule has 0 bridgehead atoms. The number of nitrogens with one attached hydrogen (secondary N) is 2. The highest BCUT2D eigenvalue weighted by molar-refractivity contribution is 5.78. The molecule has 2 rings (SSSR count). The molecule has 4 nitrogen and oxygen atoms in total. The molecule has 0 radical (unpaired) electrons. The lowest BCUT2D eigenvalue weighted by Gasteiger charge is -2.14. The minimum atomic E-state index is -0.438. The van der Waals surface area contributed by atoms with Crippen LogP contribution in [0.1, 0.15) is 38.3 Å². The molecule has 1 aliphatic carbocycles. The quantitative estimate of drug-likeness (QED) is 0.804. The van der Waals surface area contributed by atoms with Crippen molar-refractivity contribution >= 4 is 5.91 Å². The summed E-state index contributed by atoms with van der Waals surface area (Å²) in [5, 5.41) is 6.01. The molecule has 1 aromatic rings. The van der Waals surface area contributed by atoms with Crippen molar-refractivity contribution in [3.63, 3.8) is 0 Å². The maximum absolute atomic E-state index is 13.9. The molecular weight excluding hydrogens is 259 g/mol. The zero-order chi connectivity index (χ0) is 14.5. The molecule has 0 spiro atoms. The standard InChI is InChI=1S/C15H21FN2O2/c1-3-17-10(2)11-4-7-14(13(16)8-11)20-9-15(19)18-12-5-6-12/h4,7-8,10,12,17H,3,5-6,9H2,1-2H3,(H,18,19). The molecule has 0 saturated heterocycles. The second-order valence-corrected chi connectivity index (χ2v) is 5.10. The fourth-order valence-electron chi connectivity index (χ4n) is 1.97. The Bertz CT molecular complexity index is 475. The number of halogens is 1. The van der Waals surface area contributed by atoms with Gasteiger partial charge in [0.1, 0.15) is 0 Å². The van der Waals surface area contributed by atoms with E-state index >= 15 is 0 Å². The molecule has 0 aromatic heterocycles. The van der Waals surface area contributed by atoms with Crippen molar-refractivity contribution in [2.24, 2.45) is 0 Å². The van der Waals surface area contributed by atoms with E-state index in [1.54, 1.807) is 6.07 Å². The van der Waals surface area contributed by atoms with Crippen LogP contribution in [0.25, 0.3) is 0 Å². The Labute approximate surface area is 118 Å². The average molecular weight is 280 g/mol. The summed E-state index contributed by atoms with van der Waals surface area (Å²) in [4.78, 5) is 11.5. The van der Waals surface area contributed by atoms with Gasteiger partial charge in [-0.25, -0.2) is 4.39 Å². The van der Waals surface area contributed by atoms with Crippen LogP contribution in [-0.4, -0.2) is 25.1 Å². The van der Waals surface area contributed by atoms with E-state index in [0.29, 0.717) is 6.04 Å². The first kappa shape index (κ1) is 14.8. The van der Waals surface area contributed by atoms with Gasteiger partial charge in [-0.2, -0.15) is 0 Å². The van der Waals surface area contributed by atoms with Gasteiger partial charge in [0.2, 0.25) is 0 Å². The minimum Gasteiger partial charge on any atom is -0.481 e. The van der Waals surface area contributed by atoms with Crippen LogP contribution in [-0.2, 0) is 4.79 Å². The van der Waals surface area contributed by atoms with Crippen molar-refractivity contribution < 1.29 is 13.9 Å². The summed E-state index contributed by atoms with van der Waals surface area (Å²) < 4.78 is 19.1. The van der Waals surface area contributed by atoms with Gasteiger partial charge in [0.05, 0.1) is 0 Å². The summed E-state index contributed by atoms with van der Waals surface area (Å²) in [6, 6.07) is 5.20. The summed E-state index contributed by atoms with van der Waals surface area (Å²) in [5.74, 6) is -0.521. The van der Waals surface area contributed by atoms with Crippen molar-refractivity contribution in [2.45, 2.75) is 38.8 Å². The minimum absolute atomic E-state index is 0.0849. The van der Waals surface area contributed by atoms with Crippen molar-refractivity contribution in [1.82, 2.24) is 10.6 Å². The highest BCUT2D eigenvalue weighted by Gasteiger charge is 2.23. The third-order valence-electron chi connectivity index (χ3n) is 3.27. The van der Waals surface area contributed by atoms with Crippen LogP contribution in [0.3, 0.4) is 0 Å². The van der Waals surface area contributed by atoms with E-state index in [0.717, 1.165) is 24.9 Å². The Hall–Kier alpha value is -1.62. The van der Waals surface area contributed by atoms with Crippen molar-refractivity contribution in [1.29, 1.82) is 0 Å². The van der Waals surface area contributed by atoms with Gasteiger partial charge in [-0.15, -0.1) is 0 Å². The Morgan fingerprint density at radius 2 is 2.25 bits per heavy atom. The molecule has 1 saturated carbocycles. The maximum Gasteiger partial charge on any atom is 0.258 e. The van der Waals surface area contributed by atoms with Crippen LogP contribution in [0.4, 0.5) is 4.39 Å². The summed E-state index contributed by atoms with van der Waals surface area (Å²) >= 11 is 0. The molecule has 1 fully saturated rings. The molecule has 1 aromatic carbocycles.